The molecule has 88 valence electrons. The van der Waals surface area contributed by atoms with Crippen LogP contribution in [0.3, 0.4) is 0 Å². The monoisotopic (exact) mass is 237 g/mol. The third kappa shape index (κ3) is 1.84. The number of hydrogen-bond donors (Lipinski definition) is 1. The summed E-state index contributed by atoms with van der Waals surface area (Å²) in [4.78, 5) is 8.39. The SMILES string of the molecule is CNCc1cnc(N2CC3CCCC3C2)s1. The molecular formula is C12H19N3S. The fraction of sp³-hybridized carbons (Fsp3) is 0.750. The van der Waals surface area contributed by atoms with Crippen molar-refractivity contribution in [3.05, 3.63) is 11.1 Å². The molecule has 16 heavy (non-hydrogen) atoms. The molecule has 1 saturated carbocycles. The third-order valence-corrected chi connectivity index (χ3v) is 4.95. The van der Waals surface area contributed by atoms with E-state index in [1.807, 2.05) is 24.6 Å². The molecule has 3 rings (SSSR count). The Hall–Kier alpha value is -0.610. The van der Waals surface area contributed by atoms with Crippen molar-refractivity contribution in [1.82, 2.24) is 10.3 Å². The predicted molar refractivity (Wildman–Crippen MR) is 67.9 cm³/mol. The van der Waals surface area contributed by atoms with E-state index in [9.17, 15) is 0 Å². The Morgan fingerprint density at radius 3 is 2.88 bits per heavy atom. The van der Waals surface area contributed by atoms with Crippen LogP contribution in [0.2, 0.25) is 0 Å². The predicted octanol–water partition coefficient (Wildman–Crippen LogP) is 2.10. The van der Waals surface area contributed by atoms with Gasteiger partial charge >= 0.3 is 0 Å². The standard InChI is InChI=1S/C12H19N3S/c1-13-5-11-6-14-12(16-11)15-7-9-3-2-4-10(9)8-15/h6,9-10,13H,2-5,7-8H2,1H3. The van der Waals surface area contributed by atoms with Gasteiger partial charge in [-0.25, -0.2) is 4.98 Å². The fourth-order valence-electron chi connectivity index (χ4n) is 3.09. The molecule has 0 bridgehead atoms. The number of anilines is 1. The summed E-state index contributed by atoms with van der Waals surface area (Å²) in [5, 5.41) is 4.42. The van der Waals surface area contributed by atoms with Crippen LogP contribution in [0.5, 0.6) is 0 Å². The average Bonchev–Trinajstić information content (AvgIpc) is 2.88. The minimum Gasteiger partial charge on any atom is -0.348 e. The van der Waals surface area contributed by atoms with Gasteiger partial charge in [0.2, 0.25) is 0 Å². The maximum Gasteiger partial charge on any atom is 0.185 e. The van der Waals surface area contributed by atoms with Crippen molar-refractivity contribution in [1.29, 1.82) is 0 Å². The minimum atomic E-state index is 0.943. The Morgan fingerprint density at radius 1 is 1.44 bits per heavy atom. The number of fused-ring (bicyclic) bond motifs is 1. The topological polar surface area (TPSA) is 28.2 Å². The highest BCUT2D eigenvalue weighted by molar-refractivity contribution is 7.15. The third-order valence-electron chi connectivity index (χ3n) is 3.89. The van der Waals surface area contributed by atoms with Gasteiger partial charge in [0, 0.05) is 30.7 Å². The van der Waals surface area contributed by atoms with Gasteiger partial charge < -0.3 is 10.2 Å². The highest BCUT2D eigenvalue weighted by Gasteiger charge is 2.36. The lowest BCUT2D eigenvalue weighted by atomic mass is 10.0. The van der Waals surface area contributed by atoms with Gasteiger partial charge in [-0.1, -0.05) is 6.42 Å². The summed E-state index contributed by atoms with van der Waals surface area (Å²) in [6.07, 6.45) is 6.35. The van der Waals surface area contributed by atoms with Crippen molar-refractivity contribution in [2.45, 2.75) is 25.8 Å². The van der Waals surface area contributed by atoms with Gasteiger partial charge in [-0.15, -0.1) is 11.3 Å². The van der Waals surface area contributed by atoms with E-state index in [0.717, 1.165) is 18.4 Å². The summed E-state index contributed by atoms with van der Waals surface area (Å²) in [6, 6.07) is 0. The van der Waals surface area contributed by atoms with E-state index in [1.54, 1.807) is 0 Å². The van der Waals surface area contributed by atoms with Gasteiger partial charge in [0.05, 0.1) is 0 Å². The first-order chi connectivity index (χ1) is 7.86. The zero-order chi connectivity index (χ0) is 11.0. The molecule has 1 N–H and O–H groups in total. The Kier molecular flexibility index (Phi) is 2.86. The van der Waals surface area contributed by atoms with Crippen molar-refractivity contribution < 1.29 is 0 Å². The Labute approximate surface area is 101 Å². The first-order valence-electron chi connectivity index (χ1n) is 6.21. The maximum absolute atomic E-state index is 4.55. The second kappa shape index (κ2) is 4.34. The van der Waals surface area contributed by atoms with Crippen LogP contribution in [0, 0.1) is 11.8 Å². The molecule has 1 aromatic rings. The molecule has 4 heteroatoms. The lowest BCUT2D eigenvalue weighted by Gasteiger charge is -2.15. The molecule has 2 aliphatic rings. The number of nitrogens with zero attached hydrogens (tertiary/aromatic N) is 2. The number of thiazole rings is 1. The second-order valence-electron chi connectivity index (χ2n) is 5.00. The number of nitrogens with one attached hydrogen (secondary N) is 1. The lowest BCUT2D eigenvalue weighted by molar-refractivity contribution is 0.494. The Bertz CT molecular complexity index is 351. The molecule has 0 spiro atoms. The highest BCUT2D eigenvalue weighted by Crippen LogP contribution is 2.40. The maximum atomic E-state index is 4.55. The summed E-state index contributed by atoms with van der Waals surface area (Å²) in [6.45, 7) is 3.44. The summed E-state index contributed by atoms with van der Waals surface area (Å²) >= 11 is 1.85. The first-order valence-corrected chi connectivity index (χ1v) is 7.02. The molecule has 1 aliphatic carbocycles. The smallest absolute Gasteiger partial charge is 0.185 e. The molecule has 0 aromatic carbocycles. The molecule has 2 atom stereocenters. The molecule has 1 saturated heterocycles. The van der Waals surface area contributed by atoms with Gasteiger partial charge in [0.25, 0.3) is 0 Å². The van der Waals surface area contributed by atoms with Crippen molar-refractivity contribution in [2.24, 2.45) is 11.8 Å². The van der Waals surface area contributed by atoms with Crippen LogP contribution in [0.25, 0.3) is 0 Å². The van der Waals surface area contributed by atoms with Crippen LogP contribution in [-0.4, -0.2) is 25.1 Å². The summed E-state index contributed by atoms with van der Waals surface area (Å²) in [7, 11) is 1.99. The molecule has 1 aliphatic heterocycles. The largest absolute Gasteiger partial charge is 0.348 e. The summed E-state index contributed by atoms with van der Waals surface area (Å²) in [5.41, 5.74) is 0. The average molecular weight is 237 g/mol. The lowest BCUT2D eigenvalue weighted by Crippen LogP contribution is -2.20. The van der Waals surface area contributed by atoms with E-state index in [4.69, 9.17) is 0 Å². The van der Waals surface area contributed by atoms with E-state index >= 15 is 0 Å². The zero-order valence-electron chi connectivity index (χ0n) is 9.78. The van der Waals surface area contributed by atoms with Crippen LogP contribution < -0.4 is 10.2 Å². The quantitative estimate of drug-likeness (QED) is 0.872. The molecule has 1 aromatic heterocycles. The molecular weight excluding hydrogens is 218 g/mol. The van der Waals surface area contributed by atoms with Crippen molar-refractivity contribution in [3.8, 4) is 0 Å². The van der Waals surface area contributed by atoms with Crippen LogP contribution in [0.1, 0.15) is 24.1 Å². The van der Waals surface area contributed by atoms with E-state index in [2.05, 4.69) is 15.2 Å². The molecule has 2 fully saturated rings. The van der Waals surface area contributed by atoms with E-state index < -0.39 is 0 Å². The molecule has 3 nitrogen and oxygen atoms in total. The van der Waals surface area contributed by atoms with Crippen LogP contribution in [0.15, 0.2) is 6.20 Å². The number of aromatic nitrogens is 1. The van der Waals surface area contributed by atoms with Crippen molar-refractivity contribution in [2.75, 3.05) is 25.0 Å². The molecule has 2 unspecified atom stereocenters. The number of hydrogen-bond acceptors (Lipinski definition) is 4. The van der Waals surface area contributed by atoms with E-state index in [-0.39, 0.29) is 0 Å². The molecule has 0 amide bonds. The Balaban J connectivity index is 1.68. The number of rotatable bonds is 3. The van der Waals surface area contributed by atoms with Crippen molar-refractivity contribution >= 4 is 16.5 Å². The molecule has 0 radical (unpaired) electrons. The zero-order valence-corrected chi connectivity index (χ0v) is 10.6. The van der Waals surface area contributed by atoms with Crippen molar-refractivity contribution in [3.63, 3.8) is 0 Å². The summed E-state index contributed by atoms with van der Waals surface area (Å²) < 4.78 is 0. The first kappa shape index (κ1) is 10.5. The second-order valence-corrected chi connectivity index (χ2v) is 6.09. The van der Waals surface area contributed by atoms with Crippen LogP contribution in [0.4, 0.5) is 5.13 Å². The van der Waals surface area contributed by atoms with E-state index in [0.29, 0.717) is 0 Å². The van der Waals surface area contributed by atoms with E-state index in [1.165, 1.54) is 42.4 Å². The van der Waals surface area contributed by atoms with Gasteiger partial charge in [0.15, 0.2) is 5.13 Å². The van der Waals surface area contributed by atoms with Gasteiger partial charge in [-0.3, -0.25) is 0 Å². The highest BCUT2D eigenvalue weighted by atomic mass is 32.1. The normalized spacial score (nSPS) is 28.7. The molecule has 2 heterocycles. The summed E-state index contributed by atoms with van der Waals surface area (Å²) in [5.74, 6) is 1.91. The van der Waals surface area contributed by atoms with Crippen LogP contribution in [-0.2, 0) is 6.54 Å². The minimum absolute atomic E-state index is 0.943. The van der Waals surface area contributed by atoms with Gasteiger partial charge in [0.1, 0.15) is 0 Å². The van der Waals surface area contributed by atoms with Crippen LogP contribution >= 0.6 is 11.3 Å². The fourth-order valence-corrected chi connectivity index (χ4v) is 4.03. The van der Waals surface area contributed by atoms with Gasteiger partial charge in [-0.05, 0) is 31.7 Å². The Morgan fingerprint density at radius 2 is 2.19 bits per heavy atom. The van der Waals surface area contributed by atoms with Gasteiger partial charge in [-0.2, -0.15) is 0 Å².